The van der Waals surface area contributed by atoms with E-state index in [0.717, 1.165) is 54.2 Å². The molecule has 1 aliphatic rings. The first-order chi connectivity index (χ1) is 12.9. The quantitative estimate of drug-likeness (QED) is 0.552. The van der Waals surface area contributed by atoms with Crippen LogP contribution in [-0.2, 0) is 10.2 Å². The van der Waals surface area contributed by atoms with Crippen LogP contribution in [-0.4, -0.2) is 37.6 Å². The standard InChI is InChI=1S/C22H27NO4/c1-22(2)14-23(12-8-4-5-11-18(25)26)20-16-10-7-6-9-15(16)17(13-24)21(27-3)19(20)22/h6-7,9-10,13H,4-5,8,11-12,14H2,1-3H3,(H,25,26). The van der Waals surface area contributed by atoms with Crippen LogP contribution in [0.4, 0.5) is 5.69 Å². The highest BCUT2D eigenvalue weighted by molar-refractivity contribution is 6.09. The molecule has 2 aromatic carbocycles. The summed E-state index contributed by atoms with van der Waals surface area (Å²) in [5, 5.41) is 10.8. The molecule has 144 valence electrons. The van der Waals surface area contributed by atoms with Crippen molar-refractivity contribution in [2.24, 2.45) is 0 Å². The monoisotopic (exact) mass is 369 g/mol. The summed E-state index contributed by atoms with van der Waals surface area (Å²) in [6.45, 7) is 6.08. The fraction of sp³-hybridized carbons (Fsp3) is 0.455. The van der Waals surface area contributed by atoms with Gasteiger partial charge in [0.05, 0.1) is 18.4 Å². The van der Waals surface area contributed by atoms with Gasteiger partial charge in [-0.15, -0.1) is 0 Å². The van der Waals surface area contributed by atoms with Crippen LogP contribution in [0.2, 0.25) is 0 Å². The lowest BCUT2D eigenvalue weighted by molar-refractivity contribution is -0.137. The molecular weight excluding hydrogens is 342 g/mol. The first kappa shape index (κ1) is 19.2. The summed E-state index contributed by atoms with van der Waals surface area (Å²) in [5.74, 6) is -0.0585. The molecule has 0 saturated carbocycles. The number of fused-ring (bicyclic) bond motifs is 3. The average Bonchev–Trinajstić information content (AvgIpc) is 2.91. The molecule has 0 spiro atoms. The third-order valence-electron chi connectivity index (χ3n) is 5.40. The Morgan fingerprint density at radius 2 is 1.93 bits per heavy atom. The zero-order valence-corrected chi connectivity index (χ0v) is 16.2. The van der Waals surface area contributed by atoms with Gasteiger partial charge in [0.15, 0.2) is 6.29 Å². The van der Waals surface area contributed by atoms with Crippen LogP contribution in [0.15, 0.2) is 24.3 Å². The van der Waals surface area contributed by atoms with Gasteiger partial charge in [-0.25, -0.2) is 0 Å². The molecule has 5 heteroatoms. The number of unbranched alkanes of at least 4 members (excludes halogenated alkanes) is 2. The Bertz CT molecular complexity index is 872. The van der Waals surface area contributed by atoms with Crippen LogP contribution in [0.25, 0.3) is 10.8 Å². The zero-order valence-electron chi connectivity index (χ0n) is 16.2. The second-order valence-corrected chi connectivity index (χ2v) is 7.84. The first-order valence-electron chi connectivity index (χ1n) is 9.46. The summed E-state index contributed by atoms with van der Waals surface area (Å²) in [5.41, 5.74) is 2.72. The third-order valence-corrected chi connectivity index (χ3v) is 5.40. The van der Waals surface area contributed by atoms with E-state index in [1.54, 1.807) is 7.11 Å². The lowest BCUT2D eigenvalue weighted by Gasteiger charge is -2.22. The number of rotatable bonds is 8. The predicted molar refractivity (Wildman–Crippen MR) is 107 cm³/mol. The molecule has 0 atom stereocenters. The summed E-state index contributed by atoms with van der Waals surface area (Å²) >= 11 is 0. The highest BCUT2D eigenvalue weighted by Gasteiger charge is 2.40. The van der Waals surface area contributed by atoms with E-state index < -0.39 is 5.97 Å². The molecule has 0 aromatic heterocycles. The highest BCUT2D eigenvalue weighted by Crippen LogP contribution is 2.51. The Labute approximate surface area is 159 Å². The first-order valence-corrected chi connectivity index (χ1v) is 9.46. The van der Waals surface area contributed by atoms with Crippen molar-refractivity contribution in [2.45, 2.75) is 44.9 Å². The largest absolute Gasteiger partial charge is 0.496 e. The summed E-state index contributed by atoms with van der Waals surface area (Å²) in [4.78, 5) is 24.9. The van der Waals surface area contributed by atoms with Crippen molar-refractivity contribution in [3.05, 3.63) is 35.4 Å². The van der Waals surface area contributed by atoms with Gasteiger partial charge in [0.1, 0.15) is 5.75 Å². The normalized spacial score (nSPS) is 15.0. The van der Waals surface area contributed by atoms with Crippen molar-refractivity contribution in [1.82, 2.24) is 0 Å². The predicted octanol–water partition coefficient (Wildman–Crippen LogP) is 4.40. The summed E-state index contributed by atoms with van der Waals surface area (Å²) in [6, 6.07) is 7.98. The van der Waals surface area contributed by atoms with Gasteiger partial charge >= 0.3 is 5.97 Å². The SMILES string of the molecule is COc1c2c(c3ccccc3c1C=O)N(CCCCCC(=O)O)CC2(C)C. The van der Waals surface area contributed by atoms with E-state index in [9.17, 15) is 9.59 Å². The maximum absolute atomic E-state index is 11.9. The number of carbonyl (C=O) groups excluding carboxylic acids is 1. The molecule has 1 heterocycles. The van der Waals surface area contributed by atoms with Gasteiger partial charge in [0.25, 0.3) is 0 Å². The number of carboxylic acid groups (broad SMARTS) is 1. The van der Waals surface area contributed by atoms with E-state index >= 15 is 0 Å². The van der Waals surface area contributed by atoms with Gasteiger partial charge in [-0.05, 0) is 18.2 Å². The minimum Gasteiger partial charge on any atom is -0.496 e. The molecule has 0 radical (unpaired) electrons. The molecule has 0 unspecified atom stereocenters. The molecule has 3 rings (SSSR count). The van der Waals surface area contributed by atoms with Gasteiger partial charge in [0, 0.05) is 35.9 Å². The van der Waals surface area contributed by atoms with Crippen molar-refractivity contribution in [3.63, 3.8) is 0 Å². The molecule has 1 aliphatic heterocycles. The number of carboxylic acids is 1. The number of ether oxygens (including phenoxy) is 1. The lowest BCUT2D eigenvalue weighted by Crippen LogP contribution is -2.29. The summed E-state index contributed by atoms with van der Waals surface area (Å²) in [7, 11) is 1.63. The van der Waals surface area contributed by atoms with Crippen LogP contribution in [0, 0.1) is 0 Å². The van der Waals surface area contributed by atoms with Gasteiger partial charge < -0.3 is 14.7 Å². The summed E-state index contributed by atoms with van der Waals surface area (Å²) < 4.78 is 5.72. The van der Waals surface area contributed by atoms with E-state index in [4.69, 9.17) is 9.84 Å². The molecule has 1 N–H and O–H groups in total. The van der Waals surface area contributed by atoms with E-state index in [-0.39, 0.29) is 11.8 Å². The van der Waals surface area contributed by atoms with Crippen LogP contribution in [0.3, 0.4) is 0 Å². The van der Waals surface area contributed by atoms with E-state index in [2.05, 4.69) is 24.8 Å². The third kappa shape index (κ3) is 3.51. The van der Waals surface area contributed by atoms with Gasteiger partial charge in [-0.2, -0.15) is 0 Å². The molecular formula is C22H27NO4. The fourth-order valence-electron chi connectivity index (χ4n) is 4.29. The molecule has 0 aliphatic carbocycles. The van der Waals surface area contributed by atoms with Crippen molar-refractivity contribution in [2.75, 3.05) is 25.1 Å². The van der Waals surface area contributed by atoms with Crippen molar-refractivity contribution >= 4 is 28.7 Å². The molecule has 0 bridgehead atoms. The number of carbonyl (C=O) groups is 2. The topological polar surface area (TPSA) is 66.8 Å². The van der Waals surface area contributed by atoms with Crippen LogP contribution < -0.4 is 9.64 Å². The van der Waals surface area contributed by atoms with Gasteiger partial charge in [0.2, 0.25) is 0 Å². The Kier molecular flexibility index (Phi) is 5.40. The highest BCUT2D eigenvalue weighted by atomic mass is 16.5. The second kappa shape index (κ2) is 7.59. The molecule has 0 fully saturated rings. The number of hydrogen-bond acceptors (Lipinski definition) is 4. The van der Waals surface area contributed by atoms with Crippen molar-refractivity contribution in [1.29, 1.82) is 0 Å². The number of anilines is 1. The van der Waals surface area contributed by atoms with E-state index in [0.29, 0.717) is 17.7 Å². The van der Waals surface area contributed by atoms with E-state index in [1.165, 1.54) is 0 Å². The molecule has 27 heavy (non-hydrogen) atoms. The number of methoxy groups -OCH3 is 1. The molecule has 0 amide bonds. The maximum Gasteiger partial charge on any atom is 0.303 e. The van der Waals surface area contributed by atoms with Gasteiger partial charge in [-0.1, -0.05) is 44.5 Å². The fourth-order valence-corrected chi connectivity index (χ4v) is 4.29. The maximum atomic E-state index is 11.9. The Balaban J connectivity index is 2.01. The smallest absolute Gasteiger partial charge is 0.303 e. The Morgan fingerprint density at radius 3 is 2.56 bits per heavy atom. The van der Waals surface area contributed by atoms with Crippen molar-refractivity contribution < 1.29 is 19.4 Å². The van der Waals surface area contributed by atoms with E-state index in [1.807, 2.05) is 18.2 Å². The number of hydrogen-bond donors (Lipinski definition) is 1. The summed E-state index contributed by atoms with van der Waals surface area (Å²) in [6.07, 6.45) is 3.65. The second-order valence-electron chi connectivity index (χ2n) is 7.84. The number of nitrogens with zero attached hydrogens (tertiary/aromatic N) is 1. The van der Waals surface area contributed by atoms with Crippen molar-refractivity contribution in [3.8, 4) is 5.75 Å². The molecule has 0 saturated heterocycles. The van der Waals surface area contributed by atoms with Gasteiger partial charge in [-0.3, -0.25) is 9.59 Å². The van der Waals surface area contributed by atoms with Crippen LogP contribution >= 0.6 is 0 Å². The van der Waals surface area contributed by atoms with Crippen LogP contribution in [0.1, 0.15) is 55.5 Å². The number of aliphatic carboxylic acids is 1. The zero-order chi connectivity index (χ0) is 19.6. The number of aldehydes is 1. The minimum absolute atomic E-state index is 0.135. The minimum atomic E-state index is -0.736. The molecule has 2 aromatic rings. The number of benzene rings is 2. The van der Waals surface area contributed by atoms with Crippen LogP contribution in [0.5, 0.6) is 5.75 Å². The average molecular weight is 369 g/mol. The Morgan fingerprint density at radius 1 is 1.22 bits per heavy atom. The Hall–Kier alpha value is -2.56. The molecule has 5 nitrogen and oxygen atoms in total. The lowest BCUT2D eigenvalue weighted by atomic mass is 9.83.